The number of rotatable bonds is 6. The number of halogens is 2. The molecule has 12 heteroatoms. The molecule has 3 aromatic rings. The molecule has 0 saturated carbocycles. The summed E-state index contributed by atoms with van der Waals surface area (Å²) >= 11 is 11.9. The molecule has 0 aromatic heterocycles. The van der Waals surface area contributed by atoms with Gasteiger partial charge in [0.1, 0.15) is 0 Å². The van der Waals surface area contributed by atoms with E-state index in [1.165, 1.54) is 42.5 Å². The molecule has 0 spiro atoms. The van der Waals surface area contributed by atoms with Gasteiger partial charge in [-0.1, -0.05) is 29.3 Å². The van der Waals surface area contributed by atoms with Crippen molar-refractivity contribution in [3.8, 4) is 17.2 Å². The number of nitrogens with zero attached hydrogens (tertiary/aromatic N) is 1. The Bertz CT molecular complexity index is 1330. The first-order chi connectivity index (χ1) is 15.1. The van der Waals surface area contributed by atoms with Crippen molar-refractivity contribution < 1.29 is 28.5 Å². The maximum atomic E-state index is 12.7. The first kappa shape index (κ1) is 23.2. The summed E-state index contributed by atoms with van der Waals surface area (Å²) < 4.78 is 27.7. The van der Waals surface area contributed by atoms with E-state index in [9.17, 15) is 28.5 Å². The molecule has 32 heavy (non-hydrogen) atoms. The van der Waals surface area contributed by atoms with E-state index in [1.807, 2.05) is 0 Å². The fourth-order valence-electron chi connectivity index (χ4n) is 2.50. The lowest BCUT2D eigenvalue weighted by Gasteiger charge is -2.11. The van der Waals surface area contributed by atoms with Crippen LogP contribution in [-0.2, 0) is 10.0 Å². The van der Waals surface area contributed by atoms with Crippen LogP contribution in [0.15, 0.2) is 64.6 Å². The molecule has 0 atom stereocenters. The quantitative estimate of drug-likeness (QED) is 0.200. The molecule has 0 unspecified atom stereocenters. The average molecular weight is 496 g/mol. The van der Waals surface area contributed by atoms with Gasteiger partial charge in [0.2, 0.25) is 5.75 Å². The van der Waals surface area contributed by atoms with Gasteiger partial charge >= 0.3 is 0 Å². The third kappa shape index (κ3) is 5.22. The number of amides is 1. The van der Waals surface area contributed by atoms with E-state index in [2.05, 4.69) is 15.2 Å². The molecule has 5 N–H and O–H groups in total. The third-order valence-electron chi connectivity index (χ3n) is 4.11. The van der Waals surface area contributed by atoms with E-state index in [4.69, 9.17) is 23.2 Å². The molecular weight excluding hydrogens is 481 g/mol. The van der Waals surface area contributed by atoms with Gasteiger partial charge in [-0.3, -0.25) is 9.52 Å². The summed E-state index contributed by atoms with van der Waals surface area (Å²) in [5.74, 6) is -2.61. The number of aromatic hydroxyl groups is 3. The molecule has 3 rings (SSSR count). The Morgan fingerprint density at radius 1 is 0.969 bits per heavy atom. The van der Waals surface area contributed by atoms with Gasteiger partial charge < -0.3 is 15.3 Å². The van der Waals surface area contributed by atoms with Gasteiger partial charge in [0, 0.05) is 16.1 Å². The number of hydrogen-bond donors (Lipinski definition) is 5. The summed E-state index contributed by atoms with van der Waals surface area (Å²) in [7, 11) is -4.08. The highest BCUT2D eigenvalue weighted by atomic mass is 35.5. The van der Waals surface area contributed by atoms with Crippen LogP contribution >= 0.6 is 23.2 Å². The molecular formula is C20H15Cl2N3O6S. The fourth-order valence-corrected chi connectivity index (χ4v) is 4.01. The monoisotopic (exact) mass is 495 g/mol. The Morgan fingerprint density at radius 2 is 1.72 bits per heavy atom. The second-order valence-corrected chi connectivity index (χ2v) is 8.85. The first-order valence-electron chi connectivity index (χ1n) is 8.74. The summed E-state index contributed by atoms with van der Waals surface area (Å²) in [5, 5.41) is 32.6. The lowest BCUT2D eigenvalue weighted by atomic mass is 10.2. The van der Waals surface area contributed by atoms with Crippen LogP contribution in [0.5, 0.6) is 17.2 Å². The van der Waals surface area contributed by atoms with Crippen LogP contribution in [-0.4, -0.2) is 35.9 Å². The number of hydrogen-bond acceptors (Lipinski definition) is 7. The van der Waals surface area contributed by atoms with Crippen molar-refractivity contribution in [2.24, 2.45) is 5.10 Å². The zero-order valence-corrected chi connectivity index (χ0v) is 18.3. The van der Waals surface area contributed by atoms with Crippen molar-refractivity contribution in [2.75, 3.05) is 4.72 Å². The summed E-state index contributed by atoms with van der Waals surface area (Å²) in [6.07, 6.45) is 1.04. The zero-order valence-electron chi connectivity index (χ0n) is 16.0. The van der Waals surface area contributed by atoms with Crippen LogP contribution in [0, 0.1) is 0 Å². The van der Waals surface area contributed by atoms with Crippen molar-refractivity contribution in [1.29, 1.82) is 0 Å². The maximum absolute atomic E-state index is 12.7. The molecule has 166 valence electrons. The molecule has 0 aliphatic rings. The molecule has 0 bridgehead atoms. The Morgan fingerprint density at radius 3 is 2.47 bits per heavy atom. The SMILES string of the molecule is O=C(NN=Cc1ccc(O)c(O)c1O)c1cccc(S(=O)(=O)Nc2cc(Cl)ccc2Cl)c1. The third-order valence-corrected chi connectivity index (χ3v) is 6.04. The maximum Gasteiger partial charge on any atom is 0.271 e. The minimum atomic E-state index is -4.08. The first-order valence-corrected chi connectivity index (χ1v) is 11.0. The van der Waals surface area contributed by atoms with Crippen molar-refractivity contribution in [2.45, 2.75) is 4.90 Å². The number of phenolic OH excluding ortho intramolecular Hbond substituents is 3. The number of sulfonamides is 1. The van der Waals surface area contributed by atoms with Crippen LogP contribution < -0.4 is 10.1 Å². The number of phenols is 3. The zero-order chi connectivity index (χ0) is 23.5. The van der Waals surface area contributed by atoms with Crippen LogP contribution in [0.3, 0.4) is 0 Å². The van der Waals surface area contributed by atoms with Gasteiger partial charge in [-0.2, -0.15) is 5.10 Å². The van der Waals surface area contributed by atoms with Crippen molar-refractivity contribution >= 4 is 51.0 Å². The van der Waals surface area contributed by atoms with Gasteiger partial charge in [0.25, 0.3) is 15.9 Å². The van der Waals surface area contributed by atoms with Gasteiger partial charge in [0.15, 0.2) is 11.5 Å². The number of carbonyl (C=O) groups is 1. The average Bonchev–Trinajstić information content (AvgIpc) is 2.76. The molecule has 0 heterocycles. The van der Waals surface area contributed by atoms with Crippen LogP contribution in [0.25, 0.3) is 0 Å². The highest BCUT2D eigenvalue weighted by molar-refractivity contribution is 7.92. The van der Waals surface area contributed by atoms with Gasteiger partial charge in [-0.15, -0.1) is 0 Å². The Hall–Kier alpha value is -3.47. The van der Waals surface area contributed by atoms with E-state index < -0.39 is 33.2 Å². The molecule has 0 radical (unpaired) electrons. The molecule has 0 saturated heterocycles. The molecule has 0 fully saturated rings. The van der Waals surface area contributed by atoms with Crippen molar-refractivity contribution in [3.63, 3.8) is 0 Å². The summed E-state index contributed by atoms with van der Waals surface area (Å²) in [6, 6.07) is 11.9. The number of carbonyl (C=O) groups excluding carboxylic acids is 1. The minimum Gasteiger partial charge on any atom is -0.504 e. The van der Waals surface area contributed by atoms with E-state index in [0.29, 0.717) is 0 Å². The molecule has 3 aromatic carbocycles. The van der Waals surface area contributed by atoms with E-state index in [1.54, 1.807) is 0 Å². The molecule has 0 aliphatic carbocycles. The second kappa shape index (κ2) is 9.35. The van der Waals surface area contributed by atoms with Crippen molar-refractivity contribution in [1.82, 2.24) is 5.43 Å². The predicted molar refractivity (Wildman–Crippen MR) is 120 cm³/mol. The van der Waals surface area contributed by atoms with E-state index in [-0.39, 0.29) is 31.8 Å². The lowest BCUT2D eigenvalue weighted by Crippen LogP contribution is -2.19. The van der Waals surface area contributed by atoms with Crippen LogP contribution in [0.2, 0.25) is 10.0 Å². The predicted octanol–water partition coefficient (Wildman–Crippen LogP) is 3.67. The van der Waals surface area contributed by atoms with Gasteiger partial charge in [0.05, 0.1) is 21.8 Å². The highest BCUT2D eigenvalue weighted by Gasteiger charge is 2.18. The van der Waals surface area contributed by atoms with Gasteiger partial charge in [-0.25, -0.2) is 13.8 Å². The van der Waals surface area contributed by atoms with E-state index in [0.717, 1.165) is 18.3 Å². The second-order valence-electron chi connectivity index (χ2n) is 6.33. The standard InChI is InChI=1S/C20H15Cl2N3O6S/c21-13-5-6-15(22)16(9-13)25-32(30,31)14-3-1-2-11(8-14)20(29)24-23-10-12-4-7-17(26)19(28)18(12)27/h1-10,25-28H,(H,24,29). The summed E-state index contributed by atoms with van der Waals surface area (Å²) in [6.45, 7) is 0. The van der Waals surface area contributed by atoms with E-state index >= 15 is 0 Å². The largest absolute Gasteiger partial charge is 0.504 e. The van der Waals surface area contributed by atoms with Gasteiger partial charge in [-0.05, 0) is 48.5 Å². The molecule has 1 amide bonds. The molecule has 0 aliphatic heterocycles. The number of anilines is 1. The fraction of sp³-hybridized carbons (Fsp3) is 0. The highest BCUT2D eigenvalue weighted by Crippen LogP contribution is 2.36. The van der Waals surface area contributed by atoms with Crippen LogP contribution in [0.1, 0.15) is 15.9 Å². The summed E-state index contributed by atoms with van der Waals surface area (Å²) in [4.78, 5) is 12.1. The minimum absolute atomic E-state index is 0.0139. The Labute approximate surface area is 192 Å². The Kier molecular flexibility index (Phi) is 6.78. The Balaban J connectivity index is 1.77. The number of benzene rings is 3. The summed E-state index contributed by atoms with van der Waals surface area (Å²) in [5.41, 5.74) is 2.27. The van der Waals surface area contributed by atoms with Crippen LogP contribution in [0.4, 0.5) is 5.69 Å². The number of nitrogens with one attached hydrogen (secondary N) is 2. The van der Waals surface area contributed by atoms with Crippen molar-refractivity contribution in [3.05, 3.63) is 75.8 Å². The smallest absolute Gasteiger partial charge is 0.271 e. The normalized spacial score (nSPS) is 11.4. The lowest BCUT2D eigenvalue weighted by molar-refractivity contribution is 0.0955. The topological polar surface area (TPSA) is 148 Å². The number of hydrazone groups is 1. The molecule has 9 nitrogen and oxygen atoms in total.